The van der Waals surface area contributed by atoms with Gasteiger partial charge in [-0.05, 0) is 19.1 Å². The van der Waals surface area contributed by atoms with Gasteiger partial charge in [0.05, 0.1) is 13.2 Å². The van der Waals surface area contributed by atoms with E-state index in [0.29, 0.717) is 6.54 Å². The van der Waals surface area contributed by atoms with Crippen molar-refractivity contribution in [3.05, 3.63) is 29.8 Å². The first-order valence-electron chi connectivity index (χ1n) is 6.77. The van der Waals surface area contributed by atoms with Crippen molar-refractivity contribution in [2.24, 2.45) is 0 Å². The Hall–Kier alpha value is -2.77. The third-order valence-corrected chi connectivity index (χ3v) is 3.27. The molecule has 0 saturated carbocycles. The zero-order valence-electron chi connectivity index (χ0n) is 12.4. The molecule has 0 radical (unpaired) electrons. The van der Waals surface area contributed by atoms with Crippen LogP contribution < -0.4 is 21.1 Å². The molecule has 1 atom stereocenters. The number of aryl methyl sites for hydroxylation is 1. The van der Waals surface area contributed by atoms with Crippen LogP contribution in [0.1, 0.15) is 12.0 Å². The van der Waals surface area contributed by atoms with Crippen molar-refractivity contribution in [2.45, 2.75) is 19.4 Å². The number of carbonyl (C=O) groups excluding carboxylic acids is 3. The van der Waals surface area contributed by atoms with E-state index in [1.807, 2.05) is 36.6 Å². The molecule has 1 fully saturated rings. The topological polar surface area (TPSA) is 99.8 Å². The van der Waals surface area contributed by atoms with Gasteiger partial charge in [0.15, 0.2) is 0 Å². The molecule has 3 N–H and O–H groups in total. The lowest BCUT2D eigenvalue weighted by molar-refractivity contribution is -0.117. The van der Waals surface area contributed by atoms with Crippen molar-refractivity contribution in [1.29, 1.82) is 0 Å². The summed E-state index contributed by atoms with van der Waals surface area (Å²) in [4.78, 5) is 36.1. The van der Waals surface area contributed by atoms with Crippen LogP contribution in [0.3, 0.4) is 0 Å². The quantitative estimate of drug-likeness (QED) is 0.699. The summed E-state index contributed by atoms with van der Waals surface area (Å²) in [6.45, 7) is 2.35. The first-order chi connectivity index (χ1) is 10.5. The third kappa shape index (κ3) is 3.87. The fraction of sp³-hybridized carbons (Fsp3) is 0.357. The number of nitrogens with one attached hydrogen (secondary N) is 3. The van der Waals surface area contributed by atoms with Gasteiger partial charge in [-0.1, -0.05) is 17.7 Å². The zero-order valence-corrected chi connectivity index (χ0v) is 12.4. The van der Waals surface area contributed by atoms with Crippen molar-refractivity contribution < 1.29 is 19.1 Å². The summed E-state index contributed by atoms with van der Waals surface area (Å²) in [6, 6.07) is 6.66. The van der Waals surface area contributed by atoms with Crippen LogP contribution in [-0.2, 0) is 9.53 Å². The van der Waals surface area contributed by atoms with Gasteiger partial charge in [-0.25, -0.2) is 20.4 Å². The standard InChI is InChI=1S/C14H18N4O4/c1-9-3-5-11(6-4-9)18-8-10(7-12(18)19)15-13(20)16-17-14(21)22-2/h3-6,10H,7-8H2,1-2H3,(H,17,21)(H2,15,16,20). The highest BCUT2D eigenvalue weighted by atomic mass is 16.5. The highest BCUT2D eigenvalue weighted by Gasteiger charge is 2.31. The van der Waals surface area contributed by atoms with E-state index in [-0.39, 0.29) is 18.4 Å². The van der Waals surface area contributed by atoms with Crippen molar-refractivity contribution in [3.63, 3.8) is 0 Å². The average Bonchev–Trinajstić information content (AvgIpc) is 2.86. The van der Waals surface area contributed by atoms with Gasteiger partial charge in [0.1, 0.15) is 0 Å². The predicted octanol–water partition coefficient (Wildman–Crippen LogP) is 0.671. The number of ether oxygens (including phenoxy) is 1. The minimum atomic E-state index is -0.779. The second-order valence-electron chi connectivity index (χ2n) is 4.96. The maximum absolute atomic E-state index is 12.0. The van der Waals surface area contributed by atoms with Gasteiger partial charge in [-0.2, -0.15) is 0 Å². The fourth-order valence-electron chi connectivity index (χ4n) is 2.16. The molecule has 1 saturated heterocycles. The van der Waals surface area contributed by atoms with E-state index in [0.717, 1.165) is 11.3 Å². The summed E-state index contributed by atoms with van der Waals surface area (Å²) >= 11 is 0. The second kappa shape index (κ2) is 6.79. The molecule has 4 amide bonds. The molecule has 1 aromatic carbocycles. The molecule has 0 aliphatic carbocycles. The smallest absolute Gasteiger partial charge is 0.425 e. The Balaban J connectivity index is 1.88. The van der Waals surface area contributed by atoms with Crippen LogP contribution in [0.25, 0.3) is 0 Å². The Morgan fingerprint density at radius 1 is 1.23 bits per heavy atom. The number of methoxy groups -OCH3 is 1. The number of nitrogens with zero attached hydrogens (tertiary/aromatic N) is 1. The summed E-state index contributed by atoms with van der Waals surface area (Å²) in [5.41, 5.74) is 6.09. The lowest BCUT2D eigenvalue weighted by atomic mass is 10.2. The monoisotopic (exact) mass is 306 g/mol. The van der Waals surface area contributed by atoms with E-state index in [9.17, 15) is 14.4 Å². The zero-order chi connectivity index (χ0) is 16.1. The van der Waals surface area contributed by atoms with Gasteiger partial charge in [0.2, 0.25) is 5.91 Å². The Morgan fingerprint density at radius 3 is 2.55 bits per heavy atom. The minimum Gasteiger partial charge on any atom is -0.452 e. The van der Waals surface area contributed by atoms with Gasteiger partial charge in [-0.15, -0.1) is 0 Å². The number of hydrogen-bond donors (Lipinski definition) is 3. The lowest BCUT2D eigenvalue weighted by Crippen LogP contribution is -2.50. The number of hydrazine groups is 1. The minimum absolute atomic E-state index is 0.0601. The van der Waals surface area contributed by atoms with Gasteiger partial charge >= 0.3 is 12.1 Å². The molecule has 0 aromatic heterocycles. The maximum Gasteiger partial charge on any atom is 0.425 e. The molecule has 0 spiro atoms. The molecular weight excluding hydrogens is 288 g/mol. The molecule has 8 nitrogen and oxygen atoms in total. The van der Waals surface area contributed by atoms with Gasteiger partial charge in [0, 0.05) is 18.7 Å². The van der Waals surface area contributed by atoms with E-state index in [2.05, 4.69) is 15.5 Å². The van der Waals surface area contributed by atoms with Gasteiger partial charge in [0.25, 0.3) is 0 Å². The molecule has 1 unspecified atom stereocenters. The van der Waals surface area contributed by atoms with Gasteiger partial charge < -0.3 is 15.0 Å². The normalized spacial score (nSPS) is 17.1. The predicted molar refractivity (Wildman–Crippen MR) is 79.1 cm³/mol. The number of amides is 4. The van der Waals surface area contributed by atoms with Crippen LogP contribution in [0.4, 0.5) is 15.3 Å². The van der Waals surface area contributed by atoms with E-state index < -0.39 is 12.1 Å². The molecule has 1 aliphatic heterocycles. The largest absolute Gasteiger partial charge is 0.452 e. The highest BCUT2D eigenvalue weighted by Crippen LogP contribution is 2.21. The second-order valence-corrected chi connectivity index (χ2v) is 4.96. The SMILES string of the molecule is COC(=O)NNC(=O)NC1CC(=O)N(c2ccc(C)cc2)C1. The van der Waals surface area contributed by atoms with Crippen LogP contribution in [-0.4, -0.2) is 37.7 Å². The van der Waals surface area contributed by atoms with Crippen molar-refractivity contribution in [3.8, 4) is 0 Å². The van der Waals surface area contributed by atoms with E-state index in [1.54, 1.807) is 4.90 Å². The molecule has 2 rings (SSSR count). The molecule has 1 heterocycles. The maximum atomic E-state index is 12.0. The number of urea groups is 1. The van der Waals surface area contributed by atoms with Crippen molar-refractivity contribution in [2.75, 3.05) is 18.6 Å². The number of carbonyl (C=O) groups is 3. The third-order valence-electron chi connectivity index (χ3n) is 3.27. The van der Waals surface area contributed by atoms with E-state index >= 15 is 0 Å². The Kier molecular flexibility index (Phi) is 4.82. The summed E-state index contributed by atoms with van der Waals surface area (Å²) in [5.74, 6) is -0.0601. The highest BCUT2D eigenvalue weighted by molar-refractivity contribution is 5.96. The van der Waals surface area contributed by atoms with Crippen LogP contribution in [0.2, 0.25) is 0 Å². The fourth-order valence-corrected chi connectivity index (χ4v) is 2.16. The number of anilines is 1. The van der Waals surface area contributed by atoms with Crippen LogP contribution >= 0.6 is 0 Å². The van der Waals surface area contributed by atoms with Gasteiger partial charge in [-0.3, -0.25) is 4.79 Å². The number of benzene rings is 1. The molecular formula is C14H18N4O4. The van der Waals surface area contributed by atoms with Crippen LogP contribution in [0.5, 0.6) is 0 Å². The first kappa shape index (κ1) is 15.6. The summed E-state index contributed by atoms with van der Waals surface area (Å²) in [6.07, 6.45) is -0.571. The average molecular weight is 306 g/mol. The Bertz CT molecular complexity index is 573. The summed E-state index contributed by atoms with van der Waals surface area (Å²) < 4.78 is 4.32. The lowest BCUT2D eigenvalue weighted by Gasteiger charge is -2.17. The summed E-state index contributed by atoms with van der Waals surface area (Å²) in [5, 5.41) is 2.62. The van der Waals surface area contributed by atoms with Crippen molar-refractivity contribution >= 4 is 23.7 Å². The van der Waals surface area contributed by atoms with Crippen molar-refractivity contribution in [1.82, 2.24) is 16.2 Å². The molecule has 118 valence electrons. The molecule has 1 aliphatic rings. The first-order valence-corrected chi connectivity index (χ1v) is 6.77. The molecule has 1 aromatic rings. The Labute approximate surface area is 127 Å². The molecule has 8 heteroatoms. The number of rotatable bonds is 2. The molecule has 0 bridgehead atoms. The molecule has 22 heavy (non-hydrogen) atoms. The Morgan fingerprint density at radius 2 is 1.91 bits per heavy atom. The van der Waals surface area contributed by atoms with Crippen LogP contribution in [0, 0.1) is 6.92 Å². The van der Waals surface area contributed by atoms with E-state index in [1.165, 1.54) is 7.11 Å². The van der Waals surface area contributed by atoms with Crippen LogP contribution in [0.15, 0.2) is 24.3 Å². The van der Waals surface area contributed by atoms with E-state index in [4.69, 9.17) is 0 Å². The number of hydrogen-bond acceptors (Lipinski definition) is 4. The summed E-state index contributed by atoms with van der Waals surface area (Å²) in [7, 11) is 1.18.